The number of hydrogen-bond donors (Lipinski definition) is 0. The molecule has 7 heteroatoms. The summed E-state index contributed by atoms with van der Waals surface area (Å²) in [6, 6.07) is 0. The molecule has 13 heavy (non-hydrogen) atoms. The van der Waals surface area contributed by atoms with Crippen LogP contribution in [0.25, 0.3) is 0 Å². The SMILES string of the molecule is C=CC(=O)OOS(=O)(=O)CCC.[Na]. The molecule has 0 amide bonds. The predicted octanol–water partition coefficient (Wildman–Crippen LogP) is 0.00620. The molecule has 0 saturated carbocycles. The molecule has 0 N–H and O–H groups in total. The molecule has 0 aromatic rings. The molecule has 0 rings (SSSR count). The van der Waals surface area contributed by atoms with Gasteiger partial charge in [0.25, 0.3) is 0 Å². The van der Waals surface area contributed by atoms with Crippen LogP contribution in [0.15, 0.2) is 12.7 Å². The zero-order valence-corrected chi connectivity index (χ0v) is 10.5. The van der Waals surface area contributed by atoms with Gasteiger partial charge in [-0.1, -0.05) is 17.8 Å². The van der Waals surface area contributed by atoms with Gasteiger partial charge in [-0.15, -0.1) is 0 Å². The van der Waals surface area contributed by atoms with E-state index in [0.29, 0.717) is 6.42 Å². The molecule has 0 heterocycles. The molecule has 1 radical (unpaired) electrons. The van der Waals surface area contributed by atoms with Gasteiger partial charge in [0.2, 0.25) is 0 Å². The number of rotatable bonds is 5. The average Bonchev–Trinajstić information content (AvgIpc) is 2.00. The minimum absolute atomic E-state index is 0. The zero-order chi connectivity index (χ0) is 9.61. The van der Waals surface area contributed by atoms with Crippen molar-refractivity contribution < 1.29 is 22.4 Å². The summed E-state index contributed by atoms with van der Waals surface area (Å²) in [6.07, 6.45) is 1.20. The first-order chi connectivity index (χ1) is 5.52. The van der Waals surface area contributed by atoms with E-state index in [1.807, 2.05) is 0 Å². The molecular weight excluding hydrogens is 207 g/mol. The third-order valence-electron chi connectivity index (χ3n) is 0.841. The van der Waals surface area contributed by atoms with Crippen molar-refractivity contribution in [3.8, 4) is 0 Å². The Bertz CT molecular complexity index is 258. The van der Waals surface area contributed by atoms with Gasteiger partial charge in [-0.2, -0.15) is 8.42 Å². The van der Waals surface area contributed by atoms with Gasteiger partial charge in [-0.3, -0.25) is 4.89 Å². The molecule has 0 atom stereocenters. The second-order valence-electron chi connectivity index (χ2n) is 1.94. The van der Waals surface area contributed by atoms with E-state index in [4.69, 9.17) is 0 Å². The van der Waals surface area contributed by atoms with Crippen LogP contribution in [0.1, 0.15) is 13.3 Å². The zero-order valence-electron chi connectivity index (χ0n) is 7.65. The quantitative estimate of drug-likeness (QED) is 0.281. The van der Waals surface area contributed by atoms with Crippen LogP contribution >= 0.6 is 0 Å². The predicted molar refractivity (Wildman–Crippen MR) is 47.2 cm³/mol. The molecule has 0 bridgehead atoms. The number of carbonyl (C=O) groups excluding carboxylic acids is 1. The molecule has 5 nitrogen and oxygen atoms in total. The van der Waals surface area contributed by atoms with E-state index in [1.165, 1.54) is 0 Å². The summed E-state index contributed by atoms with van der Waals surface area (Å²) in [7, 11) is -3.73. The monoisotopic (exact) mass is 217 g/mol. The Kier molecular flexibility index (Phi) is 9.01. The van der Waals surface area contributed by atoms with Gasteiger partial charge in [-0.05, 0) is 6.42 Å². The van der Waals surface area contributed by atoms with Gasteiger partial charge in [-0.25, -0.2) is 4.79 Å². The smallest absolute Gasteiger partial charge is 0.277 e. The maximum absolute atomic E-state index is 10.7. The first kappa shape index (κ1) is 15.6. The van der Waals surface area contributed by atoms with Crippen LogP contribution in [0.3, 0.4) is 0 Å². The summed E-state index contributed by atoms with van der Waals surface area (Å²) >= 11 is 0. The molecule has 0 aliphatic carbocycles. The van der Waals surface area contributed by atoms with Crippen molar-refractivity contribution in [3.63, 3.8) is 0 Å². The molecule has 0 aliphatic rings. The summed E-state index contributed by atoms with van der Waals surface area (Å²) < 4.78 is 25.3. The second-order valence-corrected chi connectivity index (χ2v) is 3.60. The van der Waals surface area contributed by atoms with Crippen LogP contribution in [-0.2, 0) is 24.1 Å². The van der Waals surface area contributed by atoms with Gasteiger partial charge >= 0.3 is 16.1 Å². The topological polar surface area (TPSA) is 69.7 Å². The molecular formula is C6H10NaO5S. The number of carbonyl (C=O) groups is 1. The first-order valence-electron chi connectivity index (χ1n) is 3.27. The summed E-state index contributed by atoms with van der Waals surface area (Å²) in [5.41, 5.74) is 0. The van der Waals surface area contributed by atoms with E-state index in [1.54, 1.807) is 6.92 Å². The number of hydrogen-bond acceptors (Lipinski definition) is 5. The van der Waals surface area contributed by atoms with E-state index >= 15 is 0 Å². The molecule has 0 saturated heterocycles. The molecule has 0 aromatic heterocycles. The Labute approximate surface area is 99.4 Å². The minimum Gasteiger partial charge on any atom is -0.277 e. The van der Waals surface area contributed by atoms with Crippen molar-refractivity contribution >= 4 is 45.6 Å². The Hall–Kier alpha value is 0.120. The van der Waals surface area contributed by atoms with Crippen molar-refractivity contribution in [2.75, 3.05) is 5.75 Å². The summed E-state index contributed by atoms with van der Waals surface area (Å²) in [4.78, 5) is 14.2. The third-order valence-corrected chi connectivity index (χ3v) is 2.02. The van der Waals surface area contributed by atoms with Crippen LogP contribution in [0, 0.1) is 0 Å². The summed E-state index contributed by atoms with van der Waals surface area (Å²) in [5, 5.41) is 0. The van der Waals surface area contributed by atoms with E-state index in [2.05, 4.69) is 15.8 Å². The van der Waals surface area contributed by atoms with Gasteiger partial charge in [0.05, 0.1) is 5.75 Å². The first-order valence-corrected chi connectivity index (χ1v) is 4.84. The Morgan fingerprint density at radius 2 is 2.08 bits per heavy atom. The summed E-state index contributed by atoms with van der Waals surface area (Å²) in [5.74, 6) is -1.12. The Morgan fingerprint density at radius 3 is 2.46 bits per heavy atom. The molecule has 0 spiro atoms. The van der Waals surface area contributed by atoms with Crippen molar-refractivity contribution in [1.82, 2.24) is 0 Å². The standard InChI is InChI=1S/C6H10O5S.Na/c1-3-5-12(8,9)11-10-6(7)4-2;/h4H,2-3,5H2,1H3;. The van der Waals surface area contributed by atoms with E-state index < -0.39 is 16.1 Å². The molecule has 0 aromatic carbocycles. The molecule has 0 unspecified atom stereocenters. The van der Waals surface area contributed by atoms with Crippen LogP contribution in [0.2, 0.25) is 0 Å². The normalized spacial score (nSPS) is 9.92. The van der Waals surface area contributed by atoms with Gasteiger partial charge < -0.3 is 0 Å². The van der Waals surface area contributed by atoms with Crippen LogP contribution < -0.4 is 0 Å². The van der Waals surface area contributed by atoms with Crippen molar-refractivity contribution in [2.45, 2.75) is 13.3 Å². The van der Waals surface area contributed by atoms with E-state index in [-0.39, 0.29) is 35.3 Å². The fraction of sp³-hybridized carbons (Fsp3) is 0.500. The second kappa shape index (κ2) is 7.52. The van der Waals surface area contributed by atoms with E-state index in [0.717, 1.165) is 6.08 Å². The largest absolute Gasteiger partial charge is 0.366 e. The van der Waals surface area contributed by atoms with Crippen molar-refractivity contribution in [3.05, 3.63) is 12.7 Å². The maximum Gasteiger partial charge on any atom is 0.366 e. The van der Waals surface area contributed by atoms with Crippen molar-refractivity contribution in [1.29, 1.82) is 0 Å². The van der Waals surface area contributed by atoms with Gasteiger partial charge in [0, 0.05) is 35.6 Å². The fourth-order valence-electron chi connectivity index (χ4n) is 0.403. The van der Waals surface area contributed by atoms with E-state index in [9.17, 15) is 13.2 Å². The molecule has 0 aliphatic heterocycles. The van der Waals surface area contributed by atoms with Gasteiger partial charge in [0.1, 0.15) is 0 Å². The minimum atomic E-state index is -3.73. The average molecular weight is 217 g/mol. The summed E-state index contributed by atoms with van der Waals surface area (Å²) in [6.45, 7) is 4.72. The van der Waals surface area contributed by atoms with Gasteiger partial charge in [0.15, 0.2) is 0 Å². The van der Waals surface area contributed by atoms with Crippen molar-refractivity contribution in [2.24, 2.45) is 0 Å². The Balaban J connectivity index is 0. The molecule has 0 fully saturated rings. The fourth-order valence-corrected chi connectivity index (χ4v) is 1.14. The maximum atomic E-state index is 10.7. The Morgan fingerprint density at radius 1 is 1.54 bits per heavy atom. The van der Waals surface area contributed by atoms with Crippen LogP contribution in [-0.4, -0.2) is 49.7 Å². The van der Waals surface area contributed by atoms with Crippen LogP contribution in [0.4, 0.5) is 0 Å². The molecule has 71 valence electrons. The third kappa shape index (κ3) is 8.45. The van der Waals surface area contributed by atoms with Crippen LogP contribution in [0.5, 0.6) is 0 Å².